The monoisotopic (exact) mass is 641 g/mol. The largest absolute Gasteiger partial charge is 0.507 e. The van der Waals surface area contributed by atoms with Crippen molar-refractivity contribution in [2.45, 2.75) is 16.1 Å². The Hall–Kier alpha value is -5.07. The number of aliphatic hydroxyl groups excluding tert-OH is 1. The summed E-state index contributed by atoms with van der Waals surface area (Å²) >= 11 is 2.63. The van der Waals surface area contributed by atoms with Gasteiger partial charge in [0.15, 0.2) is 27.3 Å². The van der Waals surface area contributed by atoms with Gasteiger partial charge in [0.1, 0.15) is 5.76 Å². The van der Waals surface area contributed by atoms with Crippen LogP contribution in [-0.2, 0) is 15.3 Å². The number of Topliss-reactive ketones (excluding diaryl/α,β-unsaturated/α-hetero) is 1. The highest BCUT2D eigenvalue weighted by Gasteiger charge is 2.48. The number of amides is 1. The Morgan fingerprint density at radius 3 is 2.42 bits per heavy atom. The summed E-state index contributed by atoms with van der Waals surface area (Å²) in [6.07, 6.45) is 0. The highest BCUT2D eigenvalue weighted by molar-refractivity contribution is 8.00. The molecule has 1 amide bonds. The molecule has 45 heavy (non-hydrogen) atoms. The molecule has 1 aromatic heterocycles. The molecule has 4 aromatic carbocycles. The first-order chi connectivity index (χ1) is 21.8. The van der Waals surface area contributed by atoms with Gasteiger partial charge < -0.3 is 24.4 Å². The van der Waals surface area contributed by atoms with Crippen LogP contribution < -0.4 is 19.1 Å². The van der Waals surface area contributed by atoms with Gasteiger partial charge in [-0.2, -0.15) is 0 Å². The molecule has 1 unspecified atom stereocenters. The van der Waals surface area contributed by atoms with Gasteiger partial charge in [0.05, 0.1) is 32.9 Å². The molecule has 10 nitrogen and oxygen atoms in total. The number of thioether (sulfide) groups is 1. The number of anilines is 1. The SMILES string of the molecule is COc1cc(C2/C(=C(/O)c3ccc(OC)c(OC)c3)C(=O)C(=O)N2c2nnc(SCc3cccc4ccccc34)s2)ccc1O. The first kappa shape index (κ1) is 30.0. The van der Waals surface area contributed by atoms with Crippen molar-refractivity contribution in [3.05, 3.63) is 101 Å². The van der Waals surface area contributed by atoms with Gasteiger partial charge in [0.25, 0.3) is 5.78 Å². The Morgan fingerprint density at radius 2 is 1.64 bits per heavy atom. The van der Waals surface area contributed by atoms with Crippen molar-refractivity contribution in [3.63, 3.8) is 0 Å². The van der Waals surface area contributed by atoms with Gasteiger partial charge in [-0.05, 0) is 52.2 Å². The number of aliphatic hydroxyl groups is 1. The Morgan fingerprint density at radius 1 is 0.889 bits per heavy atom. The molecule has 1 atom stereocenters. The maximum atomic E-state index is 13.7. The van der Waals surface area contributed by atoms with Crippen LogP contribution >= 0.6 is 23.1 Å². The number of benzene rings is 4. The normalized spacial score (nSPS) is 15.9. The lowest BCUT2D eigenvalue weighted by molar-refractivity contribution is -0.132. The number of hydrogen-bond acceptors (Lipinski definition) is 11. The number of methoxy groups -OCH3 is 3. The molecule has 0 spiro atoms. The molecule has 0 radical (unpaired) electrons. The molecule has 0 aliphatic carbocycles. The van der Waals surface area contributed by atoms with E-state index < -0.39 is 23.5 Å². The smallest absolute Gasteiger partial charge is 0.301 e. The second-order valence-electron chi connectivity index (χ2n) is 9.95. The van der Waals surface area contributed by atoms with Crippen molar-refractivity contribution in [1.82, 2.24) is 10.2 Å². The number of nitrogens with zero attached hydrogens (tertiary/aromatic N) is 3. The van der Waals surface area contributed by atoms with Gasteiger partial charge in [-0.25, -0.2) is 0 Å². The van der Waals surface area contributed by atoms with Gasteiger partial charge in [-0.1, -0.05) is 71.6 Å². The average Bonchev–Trinajstić information content (AvgIpc) is 3.64. The average molecular weight is 642 g/mol. The molecule has 0 saturated carbocycles. The first-order valence-electron chi connectivity index (χ1n) is 13.7. The summed E-state index contributed by atoms with van der Waals surface area (Å²) in [5, 5.41) is 32.9. The predicted molar refractivity (Wildman–Crippen MR) is 172 cm³/mol. The number of ether oxygens (including phenoxy) is 3. The summed E-state index contributed by atoms with van der Waals surface area (Å²) in [5.41, 5.74) is 1.61. The minimum Gasteiger partial charge on any atom is -0.507 e. The molecule has 0 bridgehead atoms. The van der Waals surface area contributed by atoms with Crippen LogP contribution in [0.3, 0.4) is 0 Å². The van der Waals surface area contributed by atoms with Crippen LogP contribution in [0.1, 0.15) is 22.7 Å². The molecule has 2 N–H and O–H groups in total. The van der Waals surface area contributed by atoms with E-state index in [4.69, 9.17) is 14.2 Å². The van der Waals surface area contributed by atoms with Crippen LogP contribution in [0.4, 0.5) is 5.13 Å². The third-order valence-electron chi connectivity index (χ3n) is 7.45. The zero-order valence-electron chi connectivity index (χ0n) is 24.4. The molecule has 1 saturated heterocycles. The molecule has 228 valence electrons. The number of carbonyl (C=O) groups excluding carboxylic acids is 2. The van der Waals surface area contributed by atoms with Gasteiger partial charge >= 0.3 is 5.91 Å². The van der Waals surface area contributed by atoms with Crippen molar-refractivity contribution < 1.29 is 34.0 Å². The van der Waals surface area contributed by atoms with E-state index in [-0.39, 0.29) is 27.8 Å². The van der Waals surface area contributed by atoms with E-state index in [0.717, 1.165) is 27.7 Å². The second kappa shape index (κ2) is 12.5. The van der Waals surface area contributed by atoms with Crippen LogP contribution in [0.15, 0.2) is 88.8 Å². The van der Waals surface area contributed by atoms with Gasteiger partial charge in [0.2, 0.25) is 5.13 Å². The minimum absolute atomic E-state index is 0.124. The fraction of sp³-hybridized carbons (Fsp3) is 0.152. The number of hydrogen-bond donors (Lipinski definition) is 2. The number of rotatable bonds is 9. The number of aromatic hydroxyl groups is 1. The zero-order chi connectivity index (χ0) is 31.7. The highest BCUT2D eigenvalue weighted by Crippen LogP contribution is 2.46. The van der Waals surface area contributed by atoms with Gasteiger partial charge in [-0.3, -0.25) is 14.5 Å². The van der Waals surface area contributed by atoms with Crippen LogP contribution in [0.5, 0.6) is 23.0 Å². The molecular formula is C33H27N3O7S2. The van der Waals surface area contributed by atoms with E-state index in [1.165, 1.54) is 56.2 Å². The Bertz CT molecular complexity index is 1970. The summed E-state index contributed by atoms with van der Waals surface area (Å²) in [7, 11) is 4.33. The summed E-state index contributed by atoms with van der Waals surface area (Å²) in [6, 6.07) is 22.3. The van der Waals surface area contributed by atoms with E-state index in [1.54, 1.807) is 18.2 Å². The quantitative estimate of drug-likeness (QED) is 0.0618. The second-order valence-corrected chi connectivity index (χ2v) is 12.1. The zero-order valence-corrected chi connectivity index (χ0v) is 26.0. The maximum absolute atomic E-state index is 13.7. The van der Waals surface area contributed by atoms with E-state index in [1.807, 2.05) is 18.2 Å². The maximum Gasteiger partial charge on any atom is 0.301 e. The minimum atomic E-state index is -1.10. The molecule has 12 heteroatoms. The third-order valence-corrected chi connectivity index (χ3v) is 9.56. The fourth-order valence-electron chi connectivity index (χ4n) is 5.26. The molecule has 2 heterocycles. The van der Waals surface area contributed by atoms with Gasteiger partial charge in [0, 0.05) is 11.3 Å². The summed E-state index contributed by atoms with van der Waals surface area (Å²) in [5.74, 6) is -0.812. The van der Waals surface area contributed by atoms with Crippen LogP contribution in [0, 0.1) is 0 Å². The van der Waals surface area contributed by atoms with Crippen molar-refractivity contribution in [2.24, 2.45) is 0 Å². The van der Waals surface area contributed by atoms with Crippen molar-refractivity contribution in [3.8, 4) is 23.0 Å². The lowest BCUT2D eigenvalue weighted by Crippen LogP contribution is -2.29. The fourth-order valence-corrected chi connectivity index (χ4v) is 7.14. The Kier molecular flexibility index (Phi) is 8.33. The molecule has 1 fully saturated rings. The number of ketones is 1. The van der Waals surface area contributed by atoms with Crippen LogP contribution in [0.2, 0.25) is 0 Å². The lowest BCUT2D eigenvalue weighted by atomic mass is 9.95. The summed E-state index contributed by atoms with van der Waals surface area (Å²) in [6.45, 7) is 0. The standard InChI is InChI=1S/C33H27N3O7S2/c1-41-24-14-12-20(16-26(24)43-3)29(38)27-28(19-11-13-23(37)25(15-19)42-2)36(31(40)30(27)39)32-34-35-33(45-32)44-17-21-9-6-8-18-7-4-5-10-22(18)21/h4-16,28,37-38H,17H2,1-3H3/b29-27-. The van der Waals surface area contributed by atoms with E-state index in [2.05, 4.69) is 34.5 Å². The number of phenols is 1. The summed E-state index contributed by atoms with van der Waals surface area (Å²) < 4.78 is 16.6. The van der Waals surface area contributed by atoms with Crippen molar-refractivity contribution in [2.75, 3.05) is 26.2 Å². The van der Waals surface area contributed by atoms with E-state index >= 15 is 0 Å². The van der Waals surface area contributed by atoms with Crippen molar-refractivity contribution in [1.29, 1.82) is 0 Å². The molecule has 6 rings (SSSR count). The lowest BCUT2D eigenvalue weighted by Gasteiger charge is -2.23. The molecule has 5 aromatic rings. The first-order valence-corrected chi connectivity index (χ1v) is 15.5. The number of carbonyl (C=O) groups is 2. The predicted octanol–water partition coefficient (Wildman–Crippen LogP) is 6.34. The Balaban J connectivity index is 1.41. The topological polar surface area (TPSA) is 131 Å². The number of phenolic OH excluding ortho intramolecular Hbond substituents is 1. The van der Waals surface area contributed by atoms with E-state index in [9.17, 15) is 19.8 Å². The number of fused-ring (bicyclic) bond motifs is 1. The molecule has 1 aliphatic rings. The molecular weight excluding hydrogens is 615 g/mol. The Labute approximate surface area is 266 Å². The highest BCUT2D eigenvalue weighted by atomic mass is 32.2. The van der Waals surface area contributed by atoms with E-state index in [0.29, 0.717) is 27.2 Å². The van der Waals surface area contributed by atoms with Crippen molar-refractivity contribution >= 4 is 56.5 Å². The third kappa shape index (κ3) is 5.54. The van der Waals surface area contributed by atoms with Crippen LogP contribution in [-0.4, -0.2) is 53.4 Å². The molecule has 1 aliphatic heterocycles. The summed E-state index contributed by atoms with van der Waals surface area (Å²) in [4.78, 5) is 28.5. The van der Waals surface area contributed by atoms with Gasteiger partial charge in [-0.15, -0.1) is 10.2 Å². The van der Waals surface area contributed by atoms with Crippen LogP contribution in [0.25, 0.3) is 16.5 Å². The number of aromatic nitrogens is 2.